The third kappa shape index (κ3) is 4.05. The fraction of sp³-hybridized carbons (Fsp3) is 0.286. The molecule has 4 atom stereocenters. The fourth-order valence-corrected chi connectivity index (χ4v) is 4.74. The Morgan fingerprint density at radius 3 is 1.91 bits per heavy atom. The molecule has 168 valence electrons. The number of hydrogen-bond donors (Lipinski definition) is 0. The number of aryl methyl sites for hydroxylation is 1. The molecule has 0 spiro atoms. The molecule has 2 heterocycles. The Kier molecular flexibility index (Phi) is 5.97. The van der Waals surface area contributed by atoms with Crippen molar-refractivity contribution < 1.29 is 23.8 Å². The van der Waals surface area contributed by atoms with Crippen LogP contribution in [0.15, 0.2) is 78.9 Å². The number of rotatable bonds is 7. The second-order valence-corrected chi connectivity index (χ2v) is 8.47. The van der Waals surface area contributed by atoms with Crippen molar-refractivity contribution in [2.45, 2.75) is 50.6 Å². The zero-order valence-electron chi connectivity index (χ0n) is 18.5. The van der Waals surface area contributed by atoms with Crippen molar-refractivity contribution in [3.63, 3.8) is 0 Å². The molecule has 0 saturated carbocycles. The molecule has 1 saturated heterocycles. The maximum atomic E-state index is 12.9. The standard InChI is InChI=1S/C28H26O5/c1-2-3-11-18-16-10-17-21-22(18)24-26(33-28(30)20-14-8-5-9-15-20)25(23(21)31-24)32-27(29)19-12-6-4-7-13-19/h4-10,12-17,23-26H,2-3,11H2,1H3. The van der Waals surface area contributed by atoms with Crippen molar-refractivity contribution in [2.24, 2.45) is 0 Å². The molecule has 2 bridgehead atoms. The SMILES string of the molecule is CCCCc1cccc2c1C1OC2C(OC(=O)c2ccccc2)C1OC(=O)c1ccccc1. The molecular weight excluding hydrogens is 416 g/mol. The first kappa shape index (κ1) is 21.4. The zero-order chi connectivity index (χ0) is 22.8. The van der Waals surface area contributed by atoms with Gasteiger partial charge in [0, 0.05) is 0 Å². The van der Waals surface area contributed by atoms with E-state index in [2.05, 4.69) is 13.0 Å². The van der Waals surface area contributed by atoms with E-state index in [4.69, 9.17) is 14.2 Å². The second kappa shape index (κ2) is 9.20. The van der Waals surface area contributed by atoms with Gasteiger partial charge in [-0.25, -0.2) is 9.59 Å². The van der Waals surface area contributed by atoms with Crippen molar-refractivity contribution in [1.82, 2.24) is 0 Å². The van der Waals surface area contributed by atoms with Gasteiger partial charge in [0.15, 0.2) is 12.2 Å². The van der Waals surface area contributed by atoms with E-state index in [9.17, 15) is 9.59 Å². The van der Waals surface area contributed by atoms with Crippen LogP contribution < -0.4 is 0 Å². The van der Waals surface area contributed by atoms with Gasteiger partial charge in [-0.3, -0.25) is 0 Å². The highest BCUT2D eigenvalue weighted by atomic mass is 16.6. The molecule has 5 rings (SSSR count). The van der Waals surface area contributed by atoms with Crippen LogP contribution in [0.1, 0.15) is 69.4 Å². The fourth-order valence-electron chi connectivity index (χ4n) is 4.74. The van der Waals surface area contributed by atoms with Crippen LogP contribution in [-0.2, 0) is 20.6 Å². The minimum absolute atomic E-state index is 0.449. The van der Waals surface area contributed by atoms with Crippen LogP contribution in [0.25, 0.3) is 0 Å². The summed E-state index contributed by atoms with van der Waals surface area (Å²) >= 11 is 0. The molecule has 2 aliphatic rings. The third-order valence-electron chi connectivity index (χ3n) is 6.34. The molecule has 2 aliphatic heterocycles. The van der Waals surface area contributed by atoms with E-state index in [1.807, 2.05) is 24.3 Å². The van der Waals surface area contributed by atoms with E-state index in [1.165, 1.54) is 5.56 Å². The van der Waals surface area contributed by atoms with Gasteiger partial charge in [0.1, 0.15) is 12.2 Å². The lowest BCUT2D eigenvalue weighted by molar-refractivity contribution is -0.0349. The second-order valence-electron chi connectivity index (χ2n) is 8.47. The number of esters is 2. The Labute approximate surface area is 193 Å². The number of carbonyl (C=O) groups is 2. The van der Waals surface area contributed by atoms with Crippen LogP contribution in [0.4, 0.5) is 0 Å². The summed E-state index contributed by atoms with van der Waals surface area (Å²) in [5, 5.41) is 0. The molecule has 3 aromatic rings. The summed E-state index contributed by atoms with van der Waals surface area (Å²) in [5.74, 6) is -0.911. The maximum Gasteiger partial charge on any atom is 0.338 e. The minimum Gasteiger partial charge on any atom is -0.452 e. The quantitative estimate of drug-likeness (QED) is 0.445. The summed E-state index contributed by atoms with van der Waals surface area (Å²) in [4.78, 5) is 25.8. The van der Waals surface area contributed by atoms with E-state index >= 15 is 0 Å². The van der Waals surface area contributed by atoms with Crippen molar-refractivity contribution >= 4 is 11.9 Å². The summed E-state index contributed by atoms with van der Waals surface area (Å²) < 4.78 is 18.2. The lowest BCUT2D eigenvalue weighted by Crippen LogP contribution is -2.39. The normalized spacial score (nSPS) is 22.6. The number of carbonyl (C=O) groups excluding carboxylic acids is 2. The number of hydrogen-bond acceptors (Lipinski definition) is 5. The Hall–Kier alpha value is -3.44. The first-order valence-corrected chi connectivity index (χ1v) is 11.5. The van der Waals surface area contributed by atoms with Gasteiger partial charge in [-0.05, 0) is 53.8 Å². The molecule has 0 aliphatic carbocycles. The van der Waals surface area contributed by atoms with E-state index in [1.54, 1.807) is 48.5 Å². The first-order chi connectivity index (χ1) is 16.2. The van der Waals surface area contributed by atoms with Crippen LogP contribution in [-0.4, -0.2) is 24.1 Å². The van der Waals surface area contributed by atoms with Crippen molar-refractivity contribution in [3.05, 3.63) is 107 Å². The lowest BCUT2D eigenvalue weighted by atomic mass is 9.83. The summed E-state index contributed by atoms with van der Waals surface area (Å²) in [5.41, 5.74) is 4.20. The largest absolute Gasteiger partial charge is 0.452 e. The molecule has 0 N–H and O–H groups in total. The monoisotopic (exact) mass is 442 g/mol. The smallest absolute Gasteiger partial charge is 0.338 e. The van der Waals surface area contributed by atoms with Gasteiger partial charge in [-0.15, -0.1) is 0 Å². The third-order valence-corrected chi connectivity index (χ3v) is 6.34. The minimum atomic E-state index is -0.718. The number of benzene rings is 3. The molecule has 4 unspecified atom stereocenters. The Morgan fingerprint density at radius 1 is 0.758 bits per heavy atom. The number of fused-ring (bicyclic) bond motifs is 5. The van der Waals surface area contributed by atoms with Gasteiger partial charge < -0.3 is 14.2 Å². The summed E-state index contributed by atoms with van der Waals surface area (Å²) in [6, 6.07) is 23.8. The van der Waals surface area contributed by atoms with Crippen molar-refractivity contribution in [1.29, 1.82) is 0 Å². The predicted octanol–water partition coefficient (Wildman–Crippen LogP) is 5.61. The highest BCUT2D eigenvalue weighted by Gasteiger charge is 2.57. The molecule has 0 radical (unpaired) electrons. The maximum absolute atomic E-state index is 12.9. The Balaban J connectivity index is 1.47. The molecule has 5 nitrogen and oxygen atoms in total. The molecular formula is C28H26O5. The average Bonchev–Trinajstić information content (AvgIpc) is 3.41. The predicted molar refractivity (Wildman–Crippen MR) is 123 cm³/mol. The van der Waals surface area contributed by atoms with Gasteiger partial charge in [0.2, 0.25) is 0 Å². The van der Waals surface area contributed by atoms with Crippen molar-refractivity contribution in [3.8, 4) is 0 Å². The highest BCUT2D eigenvalue weighted by Crippen LogP contribution is 2.54. The van der Waals surface area contributed by atoms with Crippen LogP contribution in [0.2, 0.25) is 0 Å². The van der Waals surface area contributed by atoms with E-state index in [0.29, 0.717) is 11.1 Å². The highest BCUT2D eigenvalue weighted by molar-refractivity contribution is 5.90. The van der Waals surface area contributed by atoms with Crippen LogP contribution in [0.5, 0.6) is 0 Å². The molecule has 0 amide bonds. The lowest BCUT2D eigenvalue weighted by Gasteiger charge is -2.30. The van der Waals surface area contributed by atoms with Crippen LogP contribution in [0.3, 0.4) is 0 Å². The van der Waals surface area contributed by atoms with Gasteiger partial charge in [0.25, 0.3) is 0 Å². The Bertz CT molecular complexity index is 1140. The summed E-state index contributed by atoms with van der Waals surface area (Å²) in [6.45, 7) is 2.16. The molecule has 3 aromatic carbocycles. The first-order valence-electron chi connectivity index (χ1n) is 11.5. The summed E-state index contributed by atoms with van der Waals surface area (Å²) in [7, 11) is 0. The molecule has 1 fully saturated rings. The van der Waals surface area contributed by atoms with E-state index in [-0.39, 0.29) is 0 Å². The van der Waals surface area contributed by atoms with Gasteiger partial charge in [-0.1, -0.05) is 67.9 Å². The summed E-state index contributed by atoms with van der Waals surface area (Å²) in [6.07, 6.45) is 0.721. The van der Waals surface area contributed by atoms with Gasteiger partial charge >= 0.3 is 11.9 Å². The van der Waals surface area contributed by atoms with Crippen molar-refractivity contribution in [2.75, 3.05) is 0 Å². The molecule has 5 heteroatoms. The van der Waals surface area contributed by atoms with Gasteiger partial charge in [-0.2, -0.15) is 0 Å². The van der Waals surface area contributed by atoms with Crippen LogP contribution >= 0.6 is 0 Å². The molecule has 33 heavy (non-hydrogen) atoms. The zero-order valence-corrected chi connectivity index (χ0v) is 18.5. The van der Waals surface area contributed by atoms with E-state index < -0.39 is 36.4 Å². The average molecular weight is 443 g/mol. The van der Waals surface area contributed by atoms with Gasteiger partial charge in [0.05, 0.1) is 11.1 Å². The molecule has 0 aromatic heterocycles. The number of unbranched alkanes of at least 4 members (excludes halogenated alkanes) is 1. The van der Waals surface area contributed by atoms with E-state index in [0.717, 1.165) is 30.4 Å². The number of ether oxygens (including phenoxy) is 3. The topological polar surface area (TPSA) is 61.8 Å². The Morgan fingerprint density at radius 2 is 1.33 bits per heavy atom. The van der Waals surface area contributed by atoms with Crippen LogP contribution in [0, 0.1) is 0 Å².